The lowest BCUT2D eigenvalue weighted by Gasteiger charge is -2.27. The second-order valence-electron chi connectivity index (χ2n) is 5.22. The van der Waals surface area contributed by atoms with E-state index in [0.717, 1.165) is 44.7 Å². The molecule has 1 heterocycles. The van der Waals surface area contributed by atoms with Crippen molar-refractivity contribution in [3.63, 3.8) is 0 Å². The van der Waals surface area contributed by atoms with Gasteiger partial charge < -0.3 is 14.4 Å². The number of benzene rings is 1. The van der Waals surface area contributed by atoms with E-state index in [-0.39, 0.29) is 5.82 Å². The molecule has 19 heavy (non-hydrogen) atoms. The summed E-state index contributed by atoms with van der Waals surface area (Å²) in [5.74, 6) is 0.719. The van der Waals surface area contributed by atoms with Crippen LogP contribution in [0.4, 0.5) is 4.39 Å². The van der Waals surface area contributed by atoms with Gasteiger partial charge in [-0.05, 0) is 43.5 Å². The number of hydrogen-bond donors (Lipinski definition) is 0. The zero-order chi connectivity index (χ0) is 13.7. The van der Waals surface area contributed by atoms with Crippen molar-refractivity contribution in [1.29, 1.82) is 0 Å². The zero-order valence-corrected chi connectivity index (χ0v) is 11.7. The van der Waals surface area contributed by atoms with Gasteiger partial charge in [0.05, 0.1) is 7.11 Å². The van der Waals surface area contributed by atoms with Gasteiger partial charge in [-0.3, -0.25) is 0 Å². The Morgan fingerprint density at radius 1 is 1.37 bits per heavy atom. The van der Waals surface area contributed by atoms with E-state index in [1.807, 2.05) is 6.07 Å². The fourth-order valence-corrected chi connectivity index (χ4v) is 2.55. The molecule has 0 N–H and O–H groups in total. The van der Waals surface area contributed by atoms with Crippen LogP contribution in [0.5, 0.6) is 5.75 Å². The average Bonchev–Trinajstić information content (AvgIpc) is 2.42. The van der Waals surface area contributed by atoms with Crippen LogP contribution in [0.3, 0.4) is 0 Å². The average molecular weight is 267 g/mol. The predicted molar refractivity (Wildman–Crippen MR) is 72.8 cm³/mol. The maximum Gasteiger partial charge on any atom is 0.165 e. The number of rotatable bonds is 5. The van der Waals surface area contributed by atoms with Crippen LogP contribution in [0, 0.1) is 11.7 Å². The summed E-state index contributed by atoms with van der Waals surface area (Å²) < 4.78 is 23.7. The first kappa shape index (κ1) is 14.3. The van der Waals surface area contributed by atoms with E-state index in [4.69, 9.17) is 9.47 Å². The lowest BCUT2D eigenvalue weighted by molar-refractivity contribution is 0.0549. The van der Waals surface area contributed by atoms with Crippen LogP contribution in [-0.2, 0) is 11.3 Å². The van der Waals surface area contributed by atoms with E-state index in [1.54, 1.807) is 6.07 Å². The molecule has 0 amide bonds. The van der Waals surface area contributed by atoms with Gasteiger partial charge in [0.2, 0.25) is 0 Å². The Kier molecular flexibility index (Phi) is 5.16. The first-order valence-corrected chi connectivity index (χ1v) is 6.77. The van der Waals surface area contributed by atoms with Crippen molar-refractivity contribution >= 4 is 0 Å². The number of nitrogens with zero attached hydrogens (tertiary/aromatic N) is 1. The molecule has 1 aliphatic heterocycles. The van der Waals surface area contributed by atoms with Gasteiger partial charge >= 0.3 is 0 Å². The topological polar surface area (TPSA) is 21.7 Å². The molecule has 0 aliphatic carbocycles. The van der Waals surface area contributed by atoms with Crippen LogP contribution < -0.4 is 4.74 Å². The van der Waals surface area contributed by atoms with Gasteiger partial charge in [-0.2, -0.15) is 0 Å². The molecule has 0 atom stereocenters. The Labute approximate surface area is 114 Å². The Balaban J connectivity index is 1.88. The number of methoxy groups -OCH3 is 1. The standard InChI is InChI=1S/C15H22FNO2/c1-17(10-12-5-7-19-8-6-12)11-13-3-4-14(16)15(9-13)18-2/h3-4,9,12H,5-8,10-11H2,1-2H3. The second-order valence-corrected chi connectivity index (χ2v) is 5.22. The van der Waals surface area contributed by atoms with Crippen LogP contribution >= 0.6 is 0 Å². The summed E-state index contributed by atoms with van der Waals surface area (Å²) in [7, 11) is 3.60. The fraction of sp³-hybridized carbons (Fsp3) is 0.600. The molecular weight excluding hydrogens is 245 g/mol. The second kappa shape index (κ2) is 6.87. The SMILES string of the molecule is COc1cc(CN(C)CC2CCOCC2)ccc1F. The number of hydrogen-bond acceptors (Lipinski definition) is 3. The smallest absolute Gasteiger partial charge is 0.165 e. The molecule has 0 aromatic heterocycles. The number of ether oxygens (including phenoxy) is 2. The summed E-state index contributed by atoms with van der Waals surface area (Å²) in [5, 5.41) is 0. The van der Waals surface area contributed by atoms with Gasteiger partial charge in [-0.25, -0.2) is 4.39 Å². The van der Waals surface area contributed by atoms with Crippen molar-refractivity contribution in [1.82, 2.24) is 4.90 Å². The fourth-order valence-electron chi connectivity index (χ4n) is 2.55. The third kappa shape index (κ3) is 4.18. The molecule has 1 aromatic carbocycles. The molecule has 1 aromatic rings. The first-order valence-electron chi connectivity index (χ1n) is 6.77. The molecule has 1 fully saturated rings. The molecule has 0 radical (unpaired) electrons. The van der Waals surface area contributed by atoms with Gasteiger partial charge in [0.15, 0.2) is 11.6 Å². The van der Waals surface area contributed by atoms with Crippen LogP contribution in [0.15, 0.2) is 18.2 Å². The minimum absolute atomic E-state index is 0.307. The normalized spacial score (nSPS) is 16.8. The molecule has 0 unspecified atom stereocenters. The van der Waals surface area contributed by atoms with Gasteiger partial charge in [0, 0.05) is 26.3 Å². The summed E-state index contributed by atoms with van der Waals surface area (Å²) >= 11 is 0. The third-order valence-corrected chi connectivity index (χ3v) is 3.58. The first-order chi connectivity index (χ1) is 9.19. The molecular formula is C15H22FNO2. The molecule has 106 valence electrons. The summed E-state index contributed by atoms with van der Waals surface area (Å²) in [4.78, 5) is 2.28. The van der Waals surface area contributed by atoms with Crippen molar-refractivity contribution in [2.45, 2.75) is 19.4 Å². The van der Waals surface area contributed by atoms with Crippen molar-refractivity contribution in [3.05, 3.63) is 29.6 Å². The van der Waals surface area contributed by atoms with Crippen molar-refractivity contribution in [2.24, 2.45) is 5.92 Å². The van der Waals surface area contributed by atoms with Crippen LogP contribution in [0.1, 0.15) is 18.4 Å². The predicted octanol–water partition coefficient (Wildman–Crippen LogP) is 2.69. The summed E-state index contributed by atoms with van der Waals surface area (Å²) in [6.07, 6.45) is 2.27. The zero-order valence-electron chi connectivity index (χ0n) is 11.7. The van der Waals surface area contributed by atoms with Crippen molar-refractivity contribution in [3.8, 4) is 5.75 Å². The molecule has 0 spiro atoms. The van der Waals surface area contributed by atoms with Gasteiger partial charge in [0.1, 0.15) is 0 Å². The molecule has 1 aliphatic rings. The molecule has 4 heteroatoms. The Morgan fingerprint density at radius 3 is 2.79 bits per heavy atom. The van der Waals surface area contributed by atoms with Crippen LogP contribution in [-0.4, -0.2) is 38.8 Å². The van der Waals surface area contributed by atoms with Gasteiger partial charge in [-0.15, -0.1) is 0 Å². The molecule has 3 nitrogen and oxygen atoms in total. The highest BCUT2D eigenvalue weighted by Crippen LogP contribution is 2.20. The monoisotopic (exact) mass is 267 g/mol. The van der Waals surface area contributed by atoms with Crippen molar-refractivity contribution in [2.75, 3.05) is 33.9 Å². The van der Waals surface area contributed by atoms with Gasteiger partial charge in [-0.1, -0.05) is 6.07 Å². The Bertz CT molecular complexity index is 405. The van der Waals surface area contributed by atoms with E-state index in [2.05, 4.69) is 11.9 Å². The summed E-state index contributed by atoms with van der Waals surface area (Å²) in [5.41, 5.74) is 1.08. The number of halogens is 1. The van der Waals surface area contributed by atoms with Crippen LogP contribution in [0.25, 0.3) is 0 Å². The van der Waals surface area contributed by atoms with Gasteiger partial charge in [0.25, 0.3) is 0 Å². The van der Waals surface area contributed by atoms with Crippen molar-refractivity contribution < 1.29 is 13.9 Å². The lowest BCUT2D eigenvalue weighted by Crippen LogP contribution is -2.29. The maximum atomic E-state index is 13.3. The Hall–Kier alpha value is -1.13. The minimum Gasteiger partial charge on any atom is -0.494 e. The molecule has 0 saturated carbocycles. The van der Waals surface area contributed by atoms with E-state index in [9.17, 15) is 4.39 Å². The van der Waals surface area contributed by atoms with E-state index in [1.165, 1.54) is 13.2 Å². The maximum absolute atomic E-state index is 13.3. The Morgan fingerprint density at radius 2 is 2.11 bits per heavy atom. The third-order valence-electron chi connectivity index (χ3n) is 3.58. The quantitative estimate of drug-likeness (QED) is 0.818. The van der Waals surface area contributed by atoms with E-state index >= 15 is 0 Å². The molecule has 2 rings (SSSR count). The molecule has 0 bridgehead atoms. The summed E-state index contributed by atoms with van der Waals surface area (Å²) in [6, 6.07) is 5.06. The largest absolute Gasteiger partial charge is 0.494 e. The van der Waals surface area contributed by atoms with E-state index in [0.29, 0.717) is 11.7 Å². The highest BCUT2D eigenvalue weighted by Gasteiger charge is 2.16. The van der Waals surface area contributed by atoms with E-state index < -0.39 is 0 Å². The highest BCUT2D eigenvalue weighted by molar-refractivity contribution is 5.30. The minimum atomic E-state index is -0.307. The lowest BCUT2D eigenvalue weighted by atomic mass is 10.00. The molecule has 1 saturated heterocycles. The van der Waals surface area contributed by atoms with Crippen LogP contribution in [0.2, 0.25) is 0 Å². The highest BCUT2D eigenvalue weighted by atomic mass is 19.1. The summed E-state index contributed by atoms with van der Waals surface area (Å²) in [6.45, 7) is 3.63.